The molecule has 0 bridgehead atoms. The Kier molecular flexibility index (Phi) is 4.52. The Morgan fingerprint density at radius 2 is 2.00 bits per heavy atom. The van der Waals surface area contributed by atoms with Crippen molar-refractivity contribution in [1.82, 2.24) is 4.31 Å². The maximum atomic E-state index is 12.3. The summed E-state index contributed by atoms with van der Waals surface area (Å²) in [6.07, 6.45) is 5.13. The van der Waals surface area contributed by atoms with Crippen LogP contribution in [0.5, 0.6) is 0 Å². The van der Waals surface area contributed by atoms with E-state index >= 15 is 0 Å². The second-order valence-electron chi connectivity index (χ2n) is 4.16. The van der Waals surface area contributed by atoms with E-state index in [1.165, 1.54) is 13.1 Å². The number of aliphatic hydroxyl groups excluding tert-OH is 1. The summed E-state index contributed by atoms with van der Waals surface area (Å²) < 4.78 is 25.7. The number of nitrogens with zero attached hydrogens (tertiary/aromatic N) is 1. The molecule has 0 aliphatic heterocycles. The second kappa shape index (κ2) is 5.53. The summed E-state index contributed by atoms with van der Waals surface area (Å²) in [7, 11) is -2.17. The number of rotatable bonds is 4. The van der Waals surface area contributed by atoms with E-state index in [1.54, 1.807) is 13.0 Å². The van der Waals surface area contributed by atoms with Gasteiger partial charge in [-0.2, -0.15) is 4.31 Å². The van der Waals surface area contributed by atoms with Gasteiger partial charge in [0.15, 0.2) is 0 Å². The second-order valence-corrected chi connectivity index (χ2v) is 6.17. The zero-order chi connectivity index (χ0) is 13.9. The summed E-state index contributed by atoms with van der Waals surface area (Å²) in [5, 5.41) is 9.14. The first-order valence-corrected chi connectivity index (χ1v) is 6.89. The van der Waals surface area contributed by atoms with Crippen molar-refractivity contribution in [1.29, 1.82) is 0 Å². The van der Waals surface area contributed by atoms with Crippen molar-refractivity contribution >= 4 is 10.0 Å². The lowest BCUT2D eigenvalue weighted by Gasteiger charge is -2.18. The van der Waals surface area contributed by atoms with Crippen LogP contribution >= 0.6 is 0 Å². The molecule has 0 atom stereocenters. The zero-order valence-corrected chi connectivity index (χ0v) is 11.6. The lowest BCUT2D eigenvalue weighted by Crippen LogP contribution is -2.28. The molecule has 0 aliphatic rings. The van der Waals surface area contributed by atoms with Crippen LogP contribution in [-0.4, -0.2) is 31.4 Å². The summed E-state index contributed by atoms with van der Waals surface area (Å²) in [6.45, 7) is 3.38. The summed E-state index contributed by atoms with van der Waals surface area (Å²) in [4.78, 5) is 0.198. The molecule has 0 heterocycles. The minimum absolute atomic E-state index is 0.0180. The SMILES string of the molecule is C#CCN(C)S(=O)(=O)c1cc(CO)cc(C)c1C. The van der Waals surface area contributed by atoms with E-state index in [0.29, 0.717) is 11.1 Å². The molecule has 0 unspecified atom stereocenters. The fourth-order valence-electron chi connectivity index (χ4n) is 1.64. The summed E-state index contributed by atoms with van der Waals surface area (Å²) in [6, 6.07) is 3.26. The van der Waals surface area contributed by atoms with Gasteiger partial charge >= 0.3 is 0 Å². The molecule has 0 spiro atoms. The molecule has 1 N–H and O–H groups in total. The minimum atomic E-state index is -3.61. The van der Waals surface area contributed by atoms with Gasteiger partial charge in [-0.25, -0.2) is 8.42 Å². The van der Waals surface area contributed by atoms with Crippen LogP contribution < -0.4 is 0 Å². The standard InChI is InChI=1S/C13H17NO3S/c1-5-6-14(4)18(16,17)13-8-12(9-15)7-10(2)11(13)3/h1,7-8,15H,6,9H2,2-4H3. The normalized spacial score (nSPS) is 11.6. The van der Waals surface area contributed by atoms with Gasteiger partial charge in [-0.15, -0.1) is 6.42 Å². The Balaban J connectivity index is 3.41. The van der Waals surface area contributed by atoms with E-state index in [4.69, 9.17) is 11.5 Å². The summed E-state index contributed by atoms with van der Waals surface area (Å²) in [5.41, 5.74) is 2.08. The van der Waals surface area contributed by atoms with Crippen LogP contribution in [0.1, 0.15) is 16.7 Å². The molecule has 0 aromatic heterocycles. The predicted molar refractivity (Wildman–Crippen MR) is 70.5 cm³/mol. The van der Waals surface area contributed by atoms with Crippen molar-refractivity contribution in [3.05, 3.63) is 28.8 Å². The van der Waals surface area contributed by atoms with Gasteiger partial charge in [0.25, 0.3) is 0 Å². The first kappa shape index (κ1) is 14.7. The molecule has 1 aromatic carbocycles. The van der Waals surface area contributed by atoms with Crippen molar-refractivity contribution in [2.75, 3.05) is 13.6 Å². The number of benzene rings is 1. The largest absolute Gasteiger partial charge is 0.392 e. The van der Waals surface area contributed by atoms with E-state index in [0.717, 1.165) is 9.87 Å². The number of sulfonamides is 1. The van der Waals surface area contributed by atoms with Crippen LogP contribution in [0.3, 0.4) is 0 Å². The predicted octanol–water partition coefficient (Wildman–Crippen LogP) is 1.05. The van der Waals surface area contributed by atoms with E-state index < -0.39 is 10.0 Å². The molecule has 0 radical (unpaired) electrons. The van der Waals surface area contributed by atoms with Gasteiger partial charge in [0.1, 0.15) is 0 Å². The Bertz CT molecular complexity index is 585. The highest BCUT2D eigenvalue weighted by molar-refractivity contribution is 7.89. The number of aliphatic hydroxyl groups is 1. The van der Waals surface area contributed by atoms with Crippen molar-refractivity contribution in [3.8, 4) is 12.3 Å². The molecule has 18 heavy (non-hydrogen) atoms. The fraction of sp³-hybridized carbons (Fsp3) is 0.385. The summed E-state index contributed by atoms with van der Waals surface area (Å²) in [5.74, 6) is 2.30. The monoisotopic (exact) mass is 267 g/mol. The lowest BCUT2D eigenvalue weighted by atomic mass is 10.1. The van der Waals surface area contributed by atoms with Gasteiger partial charge in [-0.1, -0.05) is 12.0 Å². The highest BCUT2D eigenvalue weighted by Gasteiger charge is 2.23. The average molecular weight is 267 g/mol. The van der Waals surface area contributed by atoms with Crippen molar-refractivity contribution in [2.45, 2.75) is 25.3 Å². The Morgan fingerprint density at radius 3 is 2.50 bits per heavy atom. The molecule has 98 valence electrons. The summed E-state index contributed by atoms with van der Waals surface area (Å²) >= 11 is 0. The van der Waals surface area contributed by atoms with Gasteiger partial charge in [0.2, 0.25) is 10.0 Å². The number of hydrogen-bond donors (Lipinski definition) is 1. The van der Waals surface area contributed by atoms with E-state index in [9.17, 15) is 8.42 Å². The smallest absolute Gasteiger partial charge is 0.243 e. The maximum absolute atomic E-state index is 12.3. The average Bonchev–Trinajstić information content (AvgIpc) is 2.32. The molecule has 0 aliphatic carbocycles. The molecule has 0 saturated carbocycles. The molecule has 1 rings (SSSR count). The quantitative estimate of drug-likeness (QED) is 0.830. The van der Waals surface area contributed by atoms with E-state index in [-0.39, 0.29) is 18.0 Å². The van der Waals surface area contributed by atoms with Crippen LogP contribution in [0.25, 0.3) is 0 Å². The number of hydrogen-bond acceptors (Lipinski definition) is 3. The first-order chi connectivity index (χ1) is 8.34. The number of terminal acetylenes is 1. The van der Waals surface area contributed by atoms with Gasteiger partial charge in [-0.05, 0) is 36.6 Å². The van der Waals surface area contributed by atoms with E-state index in [2.05, 4.69) is 5.92 Å². The highest BCUT2D eigenvalue weighted by atomic mass is 32.2. The van der Waals surface area contributed by atoms with Gasteiger partial charge < -0.3 is 5.11 Å². The molecule has 1 aromatic rings. The molecular formula is C13H17NO3S. The Hall–Kier alpha value is -1.35. The molecule has 5 heteroatoms. The fourth-order valence-corrected chi connectivity index (χ4v) is 3.07. The van der Waals surface area contributed by atoms with Crippen molar-refractivity contribution < 1.29 is 13.5 Å². The lowest BCUT2D eigenvalue weighted by molar-refractivity contribution is 0.281. The highest BCUT2D eigenvalue weighted by Crippen LogP contribution is 2.23. The van der Waals surface area contributed by atoms with Crippen molar-refractivity contribution in [2.24, 2.45) is 0 Å². The molecule has 0 saturated heterocycles. The maximum Gasteiger partial charge on any atom is 0.243 e. The molecule has 0 amide bonds. The third kappa shape index (κ3) is 2.72. The van der Waals surface area contributed by atoms with Gasteiger partial charge in [0.05, 0.1) is 18.0 Å². The van der Waals surface area contributed by atoms with Crippen LogP contribution in [-0.2, 0) is 16.6 Å². The molecule has 4 nitrogen and oxygen atoms in total. The van der Waals surface area contributed by atoms with Crippen LogP contribution in [0.2, 0.25) is 0 Å². The van der Waals surface area contributed by atoms with E-state index in [1.807, 2.05) is 6.92 Å². The minimum Gasteiger partial charge on any atom is -0.392 e. The topological polar surface area (TPSA) is 57.6 Å². The van der Waals surface area contributed by atoms with Gasteiger partial charge in [0, 0.05) is 7.05 Å². The third-order valence-electron chi connectivity index (χ3n) is 2.86. The Labute approximate surface area is 108 Å². The van der Waals surface area contributed by atoms with Gasteiger partial charge in [-0.3, -0.25) is 0 Å². The van der Waals surface area contributed by atoms with Crippen LogP contribution in [0.4, 0.5) is 0 Å². The molecular weight excluding hydrogens is 250 g/mol. The third-order valence-corrected chi connectivity index (χ3v) is 4.79. The van der Waals surface area contributed by atoms with Crippen LogP contribution in [0, 0.1) is 26.2 Å². The zero-order valence-electron chi connectivity index (χ0n) is 10.8. The first-order valence-electron chi connectivity index (χ1n) is 5.45. The Morgan fingerprint density at radius 1 is 1.39 bits per heavy atom. The molecule has 0 fully saturated rings. The number of aryl methyl sites for hydroxylation is 1. The van der Waals surface area contributed by atoms with Crippen molar-refractivity contribution in [3.63, 3.8) is 0 Å². The van der Waals surface area contributed by atoms with Crippen LogP contribution in [0.15, 0.2) is 17.0 Å².